The van der Waals surface area contributed by atoms with E-state index in [1.54, 1.807) is 6.07 Å². The van der Waals surface area contributed by atoms with E-state index in [0.717, 1.165) is 5.56 Å². The standard InChI is InChI=1S/C16H21NO6S/c1-12-3-2-4-14(9-12)22-7-5-16(19)23-10-15(18)17-13-6-8-24(20,21)11-13/h2-4,9,13H,5-8,10-11H2,1H3,(H,17,18)/t13-/m1/s1. The Labute approximate surface area is 141 Å². The third-order valence-corrected chi connectivity index (χ3v) is 5.29. The molecule has 1 atom stereocenters. The summed E-state index contributed by atoms with van der Waals surface area (Å²) in [6.07, 6.45) is 0.422. The maximum atomic E-state index is 11.6. The Balaban J connectivity index is 1.61. The molecule has 1 saturated heterocycles. The Hall–Kier alpha value is -2.09. The highest BCUT2D eigenvalue weighted by Gasteiger charge is 2.28. The first-order valence-electron chi connectivity index (χ1n) is 7.69. The number of carbonyl (C=O) groups is 2. The van der Waals surface area contributed by atoms with E-state index in [1.165, 1.54) is 0 Å². The summed E-state index contributed by atoms with van der Waals surface area (Å²) in [6, 6.07) is 7.05. The van der Waals surface area contributed by atoms with Gasteiger partial charge >= 0.3 is 5.97 Å². The highest BCUT2D eigenvalue weighted by molar-refractivity contribution is 7.91. The third kappa shape index (κ3) is 6.19. The van der Waals surface area contributed by atoms with E-state index in [1.807, 2.05) is 25.1 Å². The lowest BCUT2D eigenvalue weighted by molar-refractivity contribution is -0.149. The minimum absolute atomic E-state index is 0.0268. The molecule has 0 bridgehead atoms. The van der Waals surface area contributed by atoms with Gasteiger partial charge < -0.3 is 14.8 Å². The Kier molecular flexibility index (Phi) is 6.19. The molecule has 1 aliphatic heterocycles. The van der Waals surface area contributed by atoms with Crippen LogP contribution in [0.2, 0.25) is 0 Å². The summed E-state index contributed by atoms with van der Waals surface area (Å²) in [4.78, 5) is 23.2. The van der Waals surface area contributed by atoms with Gasteiger partial charge in [-0.2, -0.15) is 0 Å². The molecule has 1 aromatic carbocycles. The summed E-state index contributed by atoms with van der Waals surface area (Å²) < 4.78 is 32.9. The highest BCUT2D eigenvalue weighted by Crippen LogP contribution is 2.13. The van der Waals surface area contributed by atoms with Crippen molar-refractivity contribution < 1.29 is 27.5 Å². The van der Waals surface area contributed by atoms with Crippen molar-refractivity contribution in [1.29, 1.82) is 0 Å². The maximum Gasteiger partial charge on any atom is 0.309 e. The fourth-order valence-electron chi connectivity index (χ4n) is 2.35. The molecule has 2 rings (SSSR count). The number of aryl methyl sites for hydroxylation is 1. The van der Waals surface area contributed by atoms with Crippen LogP contribution >= 0.6 is 0 Å². The number of hydrogen-bond acceptors (Lipinski definition) is 6. The highest BCUT2D eigenvalue weighted by atomic mass is 32.2. The van der Waals surface area contributed by atoms with Crippen molar-refractivity contribution >= 4 is 21.7 Å². The Bertz CT molecular complexity index is 700. The molecule has 24 heavy (non-hydrogen) atoms. The molecular weight excluding hydrogens is 334 g/mol. The van der Waals surface area contributed by atoms with Crippen LogP contribution in [0.5, 0.6) is 5.75 Å². The summed E-state index contributed by atoms with van der Waals surface area (Å²) in [5, 5.41) is 2.55. The van der Waals surface area contributed by atoms with Gasteiger partial charge in [0.15, 0.2) is 16.4 Å². The van der Waals surface area contributed by atoms with Crippen LogP contribution in [0.25, 0.3) is 0 Å². The number of rotatable bonds is 7. The third-order valence-electron chi connectivity index (χ3n) is 3.53. The van der Waals surface area contributed by atoms with E-state index in [2.05, 4.69) is 5.32 Å². The van der Waals surface area contributed by atoms with Crippen LogP contribution in [-0.4, -0.2) is 51.1 Å². The SMILES string of the molecule is Cc1cccc(OCCC(=O)OCC(=O)N[C@@H]2CCS(=O)(=O)C2)c1. The van der Waals surface area contributed by atoms with Crippen molar-refractivity contribution in [2.45, 2.75) is 25.8 Å². The van der Waals surface area contributed by atoms with Crippen LogP contribution in [0, 0.1) is 6.92 Å². The van der Waals surface area contributed by atoms with E-state index < -0.39 is 34.4 Å². The second kappa shape index (κ2) is 8.14. The molecule has 8 heteroatoms. The number of benzene rings is 1. The molecule has 132 valence electrons. The molecule has 0 radical (unpaired) electrons. The van der Waals surface area contributed by atoms with Gasteiger partial charge in [0.1, 0.15) is 5.75 Å². The summed E-state index contributed by atoms with van der Waals surface area (Å²) in [7, 11) is -3.05. The number of carbonyl (C=O) groups excluding carboxylic acids is 2. The number of nitrogens with one attached hydrogen (secondary N) is 1. The molecule has 1 amide bonds. The lowest BCUT2D eigenvalue weighted by Gasteiger charge is -2.11. The molecule has 1 fully saturated rings. The molecule has 0 spiro atoms. The largest absolute Gasteiger partial charge is 0.493 e. The van der Waals surface area contributed by atoms with Crippen molar-refractivity contribution in [1.82, 2.24) is 5.32 Å². The van der Waals surface area contributed by atoms with Crippen LogP contribution in [0.3, 0.4) is 0 Å². The molecule has 1 aromatic rings. The van der Waals surface area contributed by atoms with Crippen molar-refractivity contribution in [3.63, 3.8) is 0 Å². The second-order valence-corrected chi connectivity index (χ2v) is 7.97. The minimum atomic E-state index is -3.05. The minimum Gasteiger partial charge on any atom is -0.493 e. The monoisotopic (exact) mass is 355 g/mol. The zero-order valence-electron chi connectivity index (χ0n) is 13.5. The van der Waals surface area contributed by atoms with E-state index >= 15 is 0 Å². The van der Waals surface area contributed by atoms with Crippen molar-refractivity contribution in [2.24, 2.45) is 0 Å². The second-order valence-electron chi connectivity index (χ2n) is 5.74. The predicted octanol–water partition coefficient (Wildman–Crippen LogP) is 0.610. The number of amides is 1. The van der Waals surface area contributed by atoms with Crippen LogP contribution in [0.15, 0.2) is 24.3 Å². The van der Waals surface area contributed by atoms with Crippen LogP contribution < -0.4 is 10.1 Å². The van der Waals surface area contributed by atoms with Gasteiger partial charge in [-0.1, -0.05) is 12.1 Å². The summed E-state index contributed by atoms with van der Waals surface area (Å²) in [6.45, 7) is 1.68. The molecular formula is C16H21NO6S. The Morgan fingerprint density at radius 2 is 2.12 bits per heavy atom. The lowest BCUT2D eigenvalue weighted by Crippen LogP contribution is -2.38. The number of esters is 1. The van der Waals surface area contributed by atoms with Gasteiger partial charge in [0, 0.05) is 6.04 Å². The van der Waals surface area contributed by atoms with Gasteiger partial charge in [0.25, 0.3) is 5.91 Å². The normalized spacial score (nSPS) is 18.8. The van der Waals surface area contributed by atoms with E-state index in [4.69, 9.17) is 9.47 Å². The van der Waals surface area contributed by atoms with Crippen LogP contribution in [-0.2, 0) is 24.2 Å². The predicted molar refractivity (Wildman–Crippen MR) is 87.5 cm³/mol. The molecule has 1 aliphatic rings. The molecule has 0 unspecified atom stereocenters. The smallest absolute Gasteiger partial charge is 0.309 e. The first kappa shape index (κ1) is 18.3. The number of ether oxygens (including phenoxy) is 2. The Morgan fingerprint density at radius 1 is 1.33 bits per heavy atom. The fourth-order valence-corrected chi connectivity index (χ4v) is 4.03. The number of hydrogen-bond donors (Lipinski definition) is 1. The van der Waals surface area contributed by atoms with Gasteiger partial charge in [-0.3, -0.25) is 9.59 Å². The van der Waals surface area contributed by atoms with Gasteiger partial charge in [-0.15, -0.1) is 0 Å². The van der Waals surface area contributed by atoms with Gasteiger partial charge in [0.2, 0.25) is 0 Å². The summed E-state index contributed by atoms with van der Waals surface area (Å²) in [5.74, 6) is -0.352. The molecule has 0 aromatic heterocycles. The van der Waals surface area contributed by atoms with E-state index in [0.29, 0.717) is 12.2 Å². The molecule has 1 heterocycles. The summed E-state index contributed by atoms with van der Waals surface area (Å²) >= 11 is 0. The Morgan fingerprint density at radius 3 is 2.79 bits per heavy atom. The molecule has 7 nitrogen and oxygen atoms in total. The van der Waals surface area contributed by atoms with Crippen molar-refractivity contribution in [2.75, 3.05) is 24.7 Å². The average molecular weight is 355 g/mol. The lowest BCUT2D eigenvalue weighted by atomic mass is 10.2. The van der Waals surface area contributed by atoms with Gasteiger partial charge in [-0.05, 0) is 31.0 Å². The first-order valence-corrected chi connectivity index (χ1v) is 9.51. The summed E-state index contributed by atoms with van der Waals surface area (Å²) in [5.41, 5.74) is 1.06. The zero-order valence-corrected chi connectivity index (χ0v) is 14.3. The van der Waals surface area contributed by atoms with E-state index in [9.17, 15) is 18.0 Å². The first-order chi connectivity index (χ1) is 11.3. The van der Waals surface area contributed by atoms with Gasteiger partial charge in [0.05, 0.1) is 24.5 Å². The number of sulfone groups is 1. The molecule has 0 saturated carbocycles. The topological polar surface area (TPSA) is 98.8 Å². The van der Waals surface area contributed by atoms with Crippen molar-refractivity contribution in [3.05, 3.63) is 29.8 Å². The van der Waals surface area contributed by atoms with E-state index in [-0.39, 0.29) is 24.5 Å². The van der Waals surface area contributed by atoms with Crippen LogP contribution in [0.4, 0.5) is 0 Å². The molecule has 1 N–H and O–H groups in total. The quantitative estimate of drug-likeness (QED) is 0.720. The maximum absolute atomic E-state index is 11.6. The van der Waals surface area contributed by atoms with Gasteiger partial charge in [-0.25, -0.2) is 8.42 Å². The average Bonchev–Trinajstić information content (AvgIpc) is 2.84. The molecule has 0 aliphatic carbocycles. The van der Waals surface area contributed by atoms with Crippen LogP contribution in [0.1, 0.15) is 18.4 Å². The van der Waals surface area contributed by atoms with Crippen molar-refractivity contribution in [3.8, 4) is 5.75 Å². The fraction of sp³-hybridized carbons (Fsp3) is 0.500. The zero-order chi connectivity index (χ0) is 17.6.